The van der Waals surface area contributed by atoms with Crippen LogP contribution in [0.4, 0.5) is 4.39 Å². The summed E-state index contributed by atoms with van der Waals surface area (Å²) in [5, 5.41) is 0.265. The number of hydrogen-bond donors (Lipinski definition) is 0. The van der Waals surface area contributed by atoms with E-state index in [-0.39, 0.29) is 22.5 Å². The minimum atomic E-state index is -0.506. The normalized spacial score (nSPS) is 12.5. The van der Waals surface area contributed by atoms with E-state index in [1.54, 1.807) is 18.2 Å². The average molecular weight is 333 g/mol. The van der Waals surface area contributed by atoms with E-state index >= 15 is 0 Å². The molecule has 22 heavy (non-hydrogen) atoms. The lowest BCUT2D eigenvalue weighted by atomic mass is 10.1. The average Bonchev–Trinajstić information content (AvgIpc) is 2.80. The smallest absolute Gasteiger partial charge is 0.266 e. The summed E-state index contributed by atoms with van der Waals surface area (Å²) >= 11 is 0. The number of nitrogens with zero attached hydrogens (tertiary/aromatic N) is 2. The van der Waals surface area contributed by atoms with Crippen LogP contribution in [0, 0.1) is 5.82 Å². The molecule has 0 saturated heterocycles. The zero-order valence-corrected chi connectivity index (χ0v) is 12.4. The molecule has 4 nitrogen and oxygen atoms in total. The van der Waals surface area contributed by atoms with Crippen molar-refractivity contribution in [2.45, 2.75) is 4.90 Å². The molecule has 1 aromatic heterocycles. The zero-order valence-electron chi connectivity index (χ0n) is 10.8. The third-order valence-electron chi connectivity index (χ3n) is 3.58. The third-order valence-corrected chi connectivity index (χ3v) is 4.54. The zero-order chi connectivity index (χ0) is 15.4. The number of aromatic nitrogens is 2. The standard InChI is InChI=1S/C15H6ClFN2O2S/c16-22-8-2-4-12-10(6-8)13(20)14-18-11-5-7(17)1-3-9(11)15(21)19(12)14/h1-6H. The summed E-state index contributed by atoms with van der Waals surface area (Å²) in [6, 6.07) is 8.72. The van der Waals surface area contributed by atoms with E-state index in [0.29, 0.717) is 16.1 Å². The van der Waals surface area contributed by atoms with Gasteiger partial charge in [0.2, 0.25) is 5.78 Å². The fourth-order valence-electron chi connectivity index (χ4n) is 2.60. The van der Waals surface area contributed by atoms with E-state index in [0.717, 1.165) is 17.0 Å². The summed E-state index contributed by atoms with van der Waals surface area (Å²) < 4.78 is 14.6. The number of halogens is 2. The highest BCUT2D eigenvalue weighted by Crippen LogP contribution is 2.31. The highest BCUT2D eigenvalue weighted by molar-refractivity contribution is 8.21. The lowest BCUT2D eigenvalue weighted by Gasteiger charge is -2.05. The van der Waals surface area contributed by atoms with Crippen LogP contribution in [0.5, 0.6) is 0 Å². The fourth-order valence-corrected chi connectivity index (χ4v) is 3.16. The number of fused-ring (bicyclic) bond motifs is 4. The van der Waals surface area contributed by atoms with Gasteiger partial charge in [-0.3, -0.25) is 14.2 Å². The minimum absolute atomic E-state index is 0.00479. The van der Waals surface area contributed by atoms with Crippen LogP contribution in [0.1, 0.15) is 16.2 Å². The fraction of sp³-hybridized carbons (Fsp3) is 0. The molecule has 1 aliphatic heterocycles. The van der Waals surface area contributed by atoms with Gasteiger partial charge in [0, 0.05) is 11.0 Å². The van der Waals surface area contributed by atoms with Gasteiger partial charge in [-0.05, 0) is 52.0 Å². The summed E-state index contributed by atoms with van der Waals surface area (Å²) in [5.41, 5.74) is 0.618. The Morgan fingerprint density at radius 2 is 1.95 bits per heavy atom. The van der Waals surface area contributed by atoms with Crippen LogP contribution >= 0.6 is 21.7 Å². The van der Waals surface area contributed by atoms with Gasteiger partial charge >= 0.3 is 0 Å². The molecule has 3 aromatic rings. The maximum absolute atomic E-state index is 13.3. The van der Waals surface area contributed by atoms with Crippen LogP contribution in [0.15, 0.2) is 46.1 Å². The summed E-state index contributed by atoms with van der Waals surface area (Å²) in [5.74, 6) is -0.881. The molecule has 0 N–H and O–H groups in total. The van der Waals surface area contributed by atoms with Gasteiger partial charge in [-0.25, -0.2) is 9.37 Å². The number of hydrogen-bond acceptors (Lipinski definition) is 4. The molecule has 0 radical (unpaired) electrons. The summed E-state index contributed by atoms with van der Waals surface area (Å²) in [4.78, 5) is 29.9. The maximum Gasteiger partial charge on any atom is 0.266 e. The molecule has 0 fully saturated rings. The van der Waals surface area contributed by atoms with Crippen molar-refractivity contribution >= 4 is 38.3 Å². The van der Waals surface area contributed by atoms with E-state index in [1.807, 2.05) is 0 Å². The van der Waals surface area contributed by atoms with Gasteiger partial charge in [0.25, 0.3) is 5.56 Å². The highest BCUT2D eigenvalue weighted by atomic mass is 35.7. The Morgan fingerprint density at radius 3 is 2.73 bits per heavy atom. The van der Waals surface area contributed by atoms with Crippen molar-refractivity contribution in [1.82, 2.24) is 9.55 Å². The van der Waals surface area contributed by atoms with Crippen LogP contribution < -0.4 is 5.56 Å². The largest absolute Gasteiger partial charge is 0.285 e. The maximum atomic E-state index is 13.3. The first-order valence-corrected chi connectivity index (χ1v) is 7.94. The molecule has 0 aliphatic carbocycles. The molecule has 0 unspecified atom stereocenters. The summed E-state index contributed by atoms with van der Waals surface area (Å²) in [6.07, 6.45) is 0. The molecule has 2 heterocycles. The van der Waals surface area contributed by atoms with Crippen molar-refractivity contribution in [2.24, 2.45) is 0 Å². The third kappa shape index (κ3) is 1.74. The molecule has 108 valence electrons. The highest BCUT2D eigenvalue weighted by Gasteiger charge is 2.30. The first-order valence-electron chi connectivity index (χ1n) is 6.30. The summed E-state index contributed by atoms with van der Waals surface area (Å²) in [7, 11) is 6.69. The van der Waals surface area contributed by atoms with Crippen molar-refractivity contribution in [1.29, 1.82) is 0 Å². The van der Waals surface area contributed by atoms with Gasteiger partial charge < -0.3 is 0 Å². The van der Waals surface area contributed by atoms with Gasteiger partial charge in [0.1, 0.15) is 5.82 Å². The van der Waals surface area contributed by atoms with Crippen LogP contribution in [0.2, 0.25) is 0 Å². The Bertz CT molecular complexity index is 1030. The lowest BCUT2D eigenvalue weighted by molar-refractivity contribution is 0.103. The molecule has 0 bridgehead atoms. The first-order chi connectivity index (χ1) is 10.6. The number of benzene rings is 2. The Hall–Kier alpha value is -2.18. The topological polar surface area (TPSA) is 52.0 Å². The molecule has 1 aliphatic rings. The van der Waals surface area contributed by atoms with Gasteiger partial charge in [0.15, 0.2) is 5.82 Å². The van der Waals surface area contributed by atoms with Crippen LogP contribution in [0.25, 0.3) is 16.6 Å². The van der Waals surface area contributed by atoms with Crippen molar-refractivity contribution in [3.8, 4) is 5.69 Å². The van der Waals surface area contributed by atoms with Crippen molar-refractivity contribution in [3.63, 3.8) is 0 Å². The van der Waals surface area contributed by atoms with Crippen LogP contribution in [-0.4, -0.2) is 15.3 Å². The quantitative estimate of drug-likeness (QED) is 0.536. The van der Waals surface area contributed by atoms with Crippen LogP contribution in [0.3, 0.4) is 0 Å². The Kier molecular flexibility index (Phi) is 2.85. The van der Waals surface area contributed by atoms with E-state index in [2.05, 4.69) is 4.98 Å². The minimum Gasteiger partial charge on any atom is -0.285 e. The van der Waals surface area contributed by atoms with E-state index < -0.39 is 11.4 Å². The molecular formula is C15H6ClFN2O2S. The molecular weight excluding hydrogens is 327 g/mol. The SMILES string of the molecule is O=C1c2cc(SCl)ccc2-n2c1nc1cc(F)ccc1c2=O. The number of rotatable bonds is 1. The Morgan fingerprint density at radius 1 is 1.14 bits per heavy atom. The Labute approximate surface area is 132 Å². The van der Waals surface area contributed by atoms with Crippen molar-refractivity contribution in [2.75, 3.05) is 0 Å². The van der Waals surface area contributed by atoms with Gasteiger partial charge in [-0.1, -0.05) is 0 Å². The molecule has 4 rings (SSSR count). The monoisotopic (exact) mass is 332 g/mol. The van der Waals surface area contributed by atoms with Gasteiger partial charge in [-0.2, -0.15) is 0 Å². The lowest BCUT2D eigenvalue weighted by Crippen LogP contribution is -2.21. The van der Waals surface area contributed by atoms with Gasteiger partial charge in [0.05, 0.1) is 22.2 Å². The predicted octanol–water partition coefficient (Wildman–Crippen LogP) is 3.32. The first kappa shape index (κ1) is 13.5. The molecule has 0 spiro atoms. The second-order valence-electron chi connectivity index (χ2n) is 4.82. The van der Waals surface area contributed by atoms with E-state index in [9.17, 15) is 14.0 Å². The van der Waals surface area contributed by atoms with E-state index in [1.165, 1.54) is 16.7 Å². The van der Waals surface area contributed by atoms with Crippen molar-refractivity contribution < 1.29 is 9.18 Å². The second-order valence-corrected chi connectivity index (χ2v) is 5.91. The Balaban J connectivity index is 2.11. The number of carbonyl (C=O) groups is 1. The van der Waals surface area contributed by atoms with Crippen molar-refractivity contribution in [3.05, 3.63) is 64.0 Å². The molecule has 0 saturated carbocycles. The summed E-state index contributed by atoms with van der Waals surface area (Å²) in [6.45, 7) is 0. The predicted molar refractivity (Wildman–Crippen MR) is 82.4 cm³/mol. The molecule has 0 amide bonds. The molecule has 0 atom stereocenters. The second kappa shape index (κ2) is 4.66. The van der Waals surface area contributed by atoms with Crippen LogP contribution in [-0.2, 0) is 0 Å². The number of carbonyl (C=O) groups excluding carboxylic acids is 1. The van der Waals surface area contributed by atoms with Gasteiger partial charge in [-0.15, -0.1) is 0 Å². The number of ketones is 1. The van der Waals surface area contributed by atoms with E-state index in [4.69, 9.17) is 10.7 Å². The molecule has 7 heteroatoms. The molecule has 2 aromatic carbocycles.